The Labute approximate surface area is 299 Å². The highest BCUT2D eigenvalue weighted by Gasteiger charge is 2.76. The van der Waals surface area contributed by atoms with Crippen LogP contribution in [0.15, 0.2) is 66.3 Å². The largest absolute Gasteiger partial charge is 0.453 e. The van der Waals surface area contributed by atoms with E-state index in [1.54, 1.807) is 12.2 Å². The minimum Gasteiger partial charge on any atom is -0.453 e. The zero-order chi connectivity index (χ0) is 36.5. The molecule has 10 heteroatoms. The van der Waals surface area contributed by atoms with Gasteiger partial charge in [-0.3, -0.25) is 9.59 Å². The van der Waals surface area contributed by atoms with E-state index in [1.165, 1.54) is 0 Å². The Morgan fingerprint density at radius 2 is 1.86 bits per heavy atom. The molecule has 9 atom stereocenters. The number of Topliss-reactive ketones (excluding diaryl/α,β-unsaturated/α-hetero) is 1. The number of ketones is 2. The lowest BCUT2D eigenvalue weighted by molar-refractivity contribution is -0.862. The molecule has 0 radical (unpaired) electrons. The number of hydrogen-bond donors (Lipinski definition) is 3. The van der Waals surface area contributed by atoms with Crippen LogP contribution in [0.3, 0.4) is 0 Å². The van der Waals surface area contributed by atoms with E-state index in [0.29, 0.717) is 35.0 Å². The van der Waals surface area contributed by atoms with E-state index in [4.69, 9.17) is 19.9 Å². The third-order valence-electron chi connectivity index (χ3n) is 12.6. The Bertz CT molecular complexity index is 1810. The molecule has 0 amide bonds. The number of allylic oxidation sites excluding steroid dienone is 4. The van der Waals surface area contributed by atoms with Gasteiger partial charge in [0.05, 0.1) is 40.0 Å². The van der Waals surface area contributed by atoms with Crippen molar-refractivity contribution in [3.8, 4) is 0 Å². The summed E-state index contributed by atoms with van der Waals surface area (Å²) in [5, 5.41) is 21.6. The maximum Gasteiger partial charge on any atom is 0.362 e. The first-order valence-electron chi connectivity index (χ1n) is 18.1. The molecule has 2 aromatic rings. The number of ether oxygens (including phenoxy) is 3. The molecule has 0 unspecified atom stereocenters. The molecule has 10 nitrogen and oxygen atoms in total. The number of aliphatic hydroxyl groups excluding tert-OH is 2. The predicted octanol–water partition coefficient (Wildman–Crippen LogP) is 4.21. The summed E-state index contributed by atoms with van der Waals surface area (Å²) in [4.78, 5) is 39.8. The number of carbonyl (C=O) groups excluding carboxylic acids is 3. The number of nitrogens with zero attached hydrogens (tertiary/aromatic N) is 1. The maximum absolute atomic E-state index is 14.7. The van der Waals surface area contributed by atoms with Gasteiger partial charge in [0.2, 0.25) is 5.78 Å². The van der Waals surface area contributed by atoms with Crippen LogP contribution < -0.4 is 5.73 Å². The Hall–Kier alpha value is -3.67. The minimum absolute atomic E-state index is 0.00849. The molecule has 5 aliphatic rings. The number of esters is 1. The van der Waals surface area contributed by atoms with E-state index in [1.807, 2.05) is 69.7 Å². The number of nitrogens with two attached hydrogens (primary N) is 1. The summed E-state index contributed by atoms with van der Waals surface area (Å²) < 4.78 is 19.7. The van der Waals surface area contributed by atoms with Gasteiger partial charge in [-0.15, -0.1) is 0 Å². The molecule has 0 spiro atoms. The van der Waals surface area contributed by atoms with Crippen molar-refractivity contribution >= 4 is 23.2 Å². The van der Waals surface area contributed by atoms with Crippen LogP contribution in [0, 0.1) is 28.6 Å². The van der Waals surface area contributed by atoms with Gasteiger partial charge in [-0.25, -0.2) is 4.79 Å². The second-order valence-electron chi connectivity index (χ2n) is 16.9. The molecule has 1 saturated heterocycles. The zero-order valence-corrected chi connectivity index (χ0v) is 30.3. The number of fused-ring (bicyclic) bond motifs is 7. The number of anilines is 1. The fourth-order valence-electron chi connectivity index (χ4n) is 10.4. The van der Waals surface area contributed by atoms with Gasteiger partial charge in [-0.2, -0.15) is 0 Å². The molecule has 0 aromatic heterocycles. The van der Waals surface area contributed by atoms with Gasteiger partial charge in [0.1, 0.15) is 0 Å². The maximum atomic E-state index is 14.7. The van der Waals surface area contributed by atoms with Gasteiger partial charge < -0.3 is 34.6 Å². The van der Waals surface area contributed by atoms with Crippen LogP contribution in [-0.2, 0) is 41.6 Å². The van der Waals surface area contributed by atoms with E-state index in [2.05, 4.69) is 13.8 Å². The molecule has 7 rings (SSSR count). The smallest absolute Gasteiger partial charge is 0.362 e. The van der Waals surface area contributed by atoms with Crippen molar-refractivity contribution in [2.24, 2.45) is 28.6 Å². The Kier molecular flexibility index (Phi) is 8.95. The fourth-order valence-corrected chi connectivity index (χ4v) is 10.4. The number of likely N-dealkylation sites (N-methyl/N-ethyl adjacent to an activating group) is 1. The first-order chi connectivity index (χ1) is 24.1. The SMILES string of the molecule is C[C@]12C=CC(=O)C=C1CC[C@@H]1[C@@H]2[C@@H](O)C[C@@]2(C)[C@H]1C[C@H]1O[C@@H](c3cccc(Cc4ccc(CO)c(N)c4)c3)O[C@]12C(=O)COC(=O)C[N+](C)(C)C. The highest BCUT2D eigenvalue weighted by Crippen LogP contribution is 2.70. The quantitative estimate of drug-likeness (QED) is 0.199. The van der Waals surface area contributed by atoms with Gasteiger partial charge in [-0.05, 0) is 73.3 Å². The van der Waals surface area contributed by atoms with Crippen molar-refractivity contribution in [1.29, 1.82) is 0 Å². The first-order valence-corrected chi connectivity index (χ1v) is 18.1. The van der Waals surface area contributed by atoms with Crippen LogP contribution in [0.25, 0.3) is 0 Å². The number of carbonyl (C=O) groups is 3. The second-order valence-corrected chi connectivity index (χ2v) is 16.9. The molecule has 4 N–H and O–H groups in total. The Balaban J connectivity index is 1.20. The molecule has 1 aliphatic heterocycles. The Morgan fingerprint density at radius 3 is 2.59 bits per heavy atom. The standard InChI is InChI=1S/C41H51N2O8/c1-39-14-13-29(45)18-28(39)11-12-30-31-19-35-41(40(31,2)20-33(46)37(30)39,34(47)23-49-36(48)21-43(3,4)5)51-38(50-35)26-8-6-7-24(16-26)15-25-9-10-27(22-44)32(42)17-25/h6-10,13-14,16-18,30-31,33,35,37-38,44,46H,11-12,15,19-23,42H2,1-5H3/q+1/t30-,31-,33-,35+,37+,38+,39-,40-,41+/m0/s1. The van der Waals surface area contributed by atoms with Crippen LogP contribution in [0.5, 0.6) is 0 Å². The Morgan fingerprint density at radius 1 is 1.10 bits per heavy atom. The average molecular weight is 700 g/mol. The van der Waals surface area contributed by atoms with E-state index < -0.39 is 47.5 Å². The molecule has 4 fully saturated rings. The molecule has 272 valence electrons. The monoisotopic (exact) mass is 699 g/mol. The van der Waals surface area contributed by atoms with Crippen molar-refractivity contribution in [3.05, 3.63) is 88.5 Å². The van der Waals surface area contributed by atoms with Gasteiger partial charge in [0.15, 0.2) is 30.8 Å². The number of benzene rings is 2. The van der Waals surface area contributed by atoms with Crippen LogP contribution >= 0.6 is 0 Å². The summed E-state index contributed by atoms with van der Waals surface area (Å²) in [7, 11) is 5.65. The summed E-state index contributed by atoms with van der Waals surface area (Å²) >= 11 is 0. The minimum atomic E-state index is -1.45. The lowest BCUT2D eigenvalue weighted by Gasteiger charge is -2.59. The van der Waals surface area contributed by atoms with Gasteiger partial charge in [0, 0.05) is 33.6 Å². The molecule has 1 heterocycles. The van der Waals surface area contributed by atoms with Crippen molar-refractivity contribution in [2.75, 3.05) is 40.0 Å². The summed E-state index contributed by atoms with van der Waals surface area (Å²) in [5.41, 5.74) is 8.46. The number of rotatable bonds is 9. The summed E-state index contributed by atoms with van der Waals surface area (Å²) in [5.74, 6) is -0.903. The van der Waals surface area contributed by atoms with Crippen LogP contribution in [0.1, 0.15) is 68.1 Å². The highest BCUT2D eigenvalue weighted by atomic mass is 16.7. The zero-order valence-electron chi connectivity index (χ0n) is 30.3. The van der Waals surface area contributed by atoms with Crippen LogP contribution in [0.2, 0.25) is 0 Å². The highest BCUT2D eigenvalue weighted by molar-refractivity contribution is 6.01. The second kappa shape index (κ2) is 12.8. The van der Waals surface area contributed by atoms with E-state index >= 15 is 0 Å². The van der Waals surface area contributed by atoms with Crippen molar-refractivity contribution in [3.63, 3.8) is 0 Å². The number of hydrogen-bond acceptors (Lipinski definition) is 9. The molecule has 4 aliphatic carbocycles. The lowest BCUT2D eigenvalue weighted by Crippen LogP contribution is -2.63. The van der Waals surface area contributed by atoms with E-state index in [0.717, 1.165) is 35.1 Å². The van der Waals surface area contributed by atoms with Crippen LogP contribution in [-0.4, -0.2) is 84.3 Å². The van der Waals surface area contributed by atoms with Crippen molar-refractivity contribution < 1.29 is 43.3 Å². The number of quaternary nitrogens is 1. The third-order valence-corrected chi connectivity index (χ3v) is 12.6. The van der Waals surface area contributed by atoms with Gasteiger partial charge >= 0.3 is 5.97 Å². The molecule has 51 heavy (non-hydrogen) atoms. The first kappa shape index (κ1) is 35.7. The van der Waals surface area contributed by atoms with Crippen molar-refractivity contribution in [2.45, 2.75) is 76.7 Å². The molecule has 0 bridgehead atoms. The normalized spacial score (nSPS) is 35.4. The number of nitrogen functional groups attached to an aromatic ring is 1. The summed E-state index contributed by atoms with van der Waals surface area (Å²) in [6.45, 7) is 3.72. The van der Waals surface area contributed by atoms with Crippen LogP contribution in [0.4, 0.5) is 5.69 Å². The van der Waals surface area contributed by atoms with Gasteiger partial charge in [0.25, 0.3) is 0 Å². The molecular weight excluding hydrogens is 648 g/mol. The molecule has 2 aromatic carbocycles. The predicted molar refractivity (Wildman–Crippen MR) is 190 cm³/mol. The summed E-state index contributed by atoms with van der Waals surface area (Å²) in [6.07, 6.45) is 6.10. The third kappa shape index (κ3) is 5.99. The lowest BCUT2D eigenvalue weighted by atomic mass is 9.46. The fraction of sp³-hybridized carbons (Fsp3) is 0.537. The summed E-state index contributed by atoms with van der Waals surface area (Å²) in [6, 6.07) is 13.5. The topological polar surface area (TPSA) is 145 Å². The molecular formula is C41H51N2O8+. The molecule has 3 saturated carbocycles. The van der Waals surface area contributed by atoms with Gasteiger partial charge in [-0.1, -0.05) is 61.9 Å². The number of aliphatic hydroxyl groups is 2. The van der Waals surface area contributed by atoms with E-state index in [9.17, 15) is 24.6 Å². The average Bonchev–Trinajstić information content (AvgIpc) is 3.56. The van der Waals surface area contributed by atoms with E-state index in [-0.39, 0.29) is 42.5 Å². The van der Waals surface area contributed by atoms with Crippen molar-refractivity contribution in [1.82, 2.24) is 0 Å².